The van der Waals surface area contributed by atoms with E-state index < -0.39 is 0 Å². The van der Waals surface area contributed by atoms with Gasteiger partial charge in [-0.15, -0.1) is 11.8 Å². The van der Waals surface area contributed by atoms with E-state index in [0.29, 0.717) is 0 Å². The molecule has 0 saturated heterocycles. The first-order valence-corrected chi connectivity index (χ1v) is 5.69. The molecule has 1 aromatic rings. The van der Waals surface area contributed by atoms with E-state index in [1.807, 2.05) is 25.1 Å². The summed E-state index contributed by atoms with van der Waals surface area (Å²) in [4.78, 5) is 1.12. The summed E-state index contributed by atoms with van der Waals surface area (Å²) in [5, 5.41) is 0. The minimum atomic E-state index is 0.820. The van der Waals surface area contributed by atoms with Crippen molar-refractivity contribution >= 4 is 33.4 Å². The number of thioether (sulfide) groups is 1. The lowest BCUT2D eigenvalue weighted by molar-refractivity contribution is 1.40. The monoisotopic (exact) mass is 257 g/mol. The van der Waals surface area contributed by atoms with E-state index in [-0.39, 0.29) is 0 Å². The molecule has 0 aliphatic rings. The predicted molar refractivity (Wildman–Crippen MR) is 64.1 cm³/mol. The maximum Gasteiger partial charge on any atom is 0.0463 e. The van der Waals surface area contributed by atoms with E-state index in [2.05, 4.69) is 22.5 Å². The van der Waals surface area contributed by atoms with Crippen LogP contribution in [-0.4, -0.2) is 5.75 Å². The Labute approximate surface area is 91.5 Å². The molecule has 0 saturated carbocycles. The standard InChI is InChI=1S/C10H12BrNS/c1-7(2)6-13-10-4-3-8(11)5-9(10)12/h3-5H,1,6,12H2,2H3. The van der Waals surface area contributed by atoms with Gasteiger partial charge < -0.3 is 5.73 Å². The van der Waals surface area contributed by atoms with Gasteiger partial charge in [0, 0.05) is 20.8 Å². The van der Waals surface area contributed by atoms with Gasteiger partial charge in [0.1, 0.15) is 0 Å². The number of nitrogens with two attached hydrogens (primary N) is 1. The van der Waals surface area contributed by atoms with Crippen LogP contribution >= 0.6 is 27.7 Å². The summed E-state index contributed by atoms with van der Waals surface area (Å²) < 4.78 is 1.02. The van der Waals surface area contributed by atoms with Crippen molar-refractivity contribution in [1.82, 2.24) is 0 Å². The molecule has 1 aromatic carbocycles. The third-order valence-electron chi connectivity index (χ3n) is 1.45. The molecule has 0 aliphatic heterocycles. The molecule has 70 valence electrons. The van der Waals surface area contributed by atoms with Crippen LogP contribution in [0.1, 0.15) is 6.92 Å². The summed E-state index contributed by atoms with van der Waals surface area (Å²) in [6, 6.07) is 5.94. The lowest BCUT2D eigenvalue weighted by Crippen LogP contribution is -1.89. The van der Waals surface area contributed by atoms with Gasteiger partial charge in [-0.25, -0.2) is 0 Å². The van der Waals surface area contributed by atoms with Crippen LogP contribution in [0.15, 0.2) is 39.7 Å². The summed E-state index contributed by atoms with van der Waals surface area (Å²) in [5.74, 6) is 0.922. The Morgan fingerprint density at radius 1 is 1.62 bits per heavy atom. The van der Waals surface area contributed by atoms with Crippen molar-refractivity contribution in [2.75, 3.05) is 11.5 Å². The summed E-state index contributed by atoms with van der Waals surface area (Å²) in [5.41, 5.74) is 7.81. The van der Waals surface area contributed by atoms with E-state index >= 15 is 0 Å². The van der Waals surface area contributed by atoms with Gasteiger partial charge in [0.05, 0.1) is 0 Å². The molecule has 0 amide bonds. The average Bonchev–Trinajstić information content (AvgIpc) is 2.02. The Kier molecular flexibility index (Phi) is 3.88. The first-order chi connectivity index (χ1) is 6.09. The van der Waals surface area contributed by atoms with Crippen molar-refractivity contribution in [3.8, 4) is 0 Å². The van der Waals surface area contributed by atoms with Crippen molar-refractivity contribution in [2.24, 2.45) is 0 Å². The highest BCUT2D eigenvalue weighted by Crippen LogP contribution is 2.28. The molecule has 1 nitrogen and oxygen atoms in total. The lowest BCUT2D eigenvalue weighted by atomic mass is 10.3. The SMILES string of the molecule is C=C(C)CSc1ccc(Br)cc1N. The molecule has 0 fully saturated rings. The normalized spacial score (nSPS) is 10.0. The van der Waals surface area contributed by atoms with Gasteiger partial charge in [-0.2, -0.15) is 0 Å². The molecule has 0 unspecified atom stereocenters. The van der Waals surface area contributed by atoms with Crippen molar-refractivity contribution in [3.05, 3.63) is 34.8 Å². The highest BCUT2D eigenvalue weighted by atomic mass is 79.9. The molecule has 0 aliphatic carbocycles. The number of rotatable bonds is 3. The topological polar surface area (TPSA) is 26.0 Å². The van der Waals surface area contributed by atoms with Gasteiger partial charge in [-0.05, 0) is 25.1 Å². The van der Waals surface area contributed by atoms with E-state index in [9.17, 15) is 0 Å². The third kappa shape index (κ3) is 3.44. The molecular weight excluding hydrogens is 246 g/mol. The zero-order valence-electron chi connectivity index (χ0n) is 7.51. The minimum absolute atomic E-state index is 0.820. The van der Waals surface area contributed by atoms with Crippen LogP contribution in [0.4, 0.5) is 5.69 Å². The number of anilines is 1. The quantitative estimate of drug-likeness (QED) is 0.508. The van der Waals surface area contributed by atoms with Crippen LogP contribution in [0.5, 0.6) is 0 Å². The Morgan fingerprint density at radius 3 is 2.85 bits per heavy atom. The first-order valence-electron chi connectivity index (χ1n) is 3.92. The molecule has 0 heterocycles. The summed E-state index contributed by atoms with van der Waals surface area (Å²) in [7, 11) is 0. The number of hydrogen-bond donors (Lipinski definition) is 1. The van der Waals surface area contributed by atoms with Crippen molar-refractivity contribution < 1.29 is 0 Å². The first kappa shape index (κ1) is 10.7. The molecule has 0 aromatic heterocycles. The Bertz CT molecular complexity index is 323. The fraction of sp³-hybridized carbons (Fsp3) is 0.200. The van der Waals surface area contributed by atoms with Gasteiger partial charge in [0.15, 0.2) is 0 Å². The van der Waals surface area contributed by atoms with Gasteiger partial charge in [-0.1, -0.05) is 28.1 Å². The van der Waals surface area contributed by atoms with Gasteiger partial charge in [0.2, 0.25) is 0 Å². The van der Waals surface area contributed by atoms with Gasteiger partial charge in [-0.3, -0.25) is 0 Å². The number of halogens is 1. The lowest BCUT2D eigenvalue weighted by Gasteiger charge is -2.05. The smallest absolute Gasteiger partial charge is 0.0463 e. The van der Waals surface area contributed by atoms with Crippen molar-refractivity contribution in [1.29, 1.82) is 0 Å². The van der Waals surface area contributed by atoms with Crippen LogP contribution in [-0.2, 0) is 0 Å². The van der Waals surface area contributed by atoms with Gasteiger partial charge in [0.25, 0.3) is 0 Å². The van der Waals surface area contributed by atoms with E-state index in [1.165, 1.54) is 0 Å². The van der Waals surface area contributed by atoms with Crippen LogP contribution in [0.2, 0.25) is 0 Å². The zero-order valence-corrected chi connectivity index (χ0v) is 9.91. The zero-order chi connectivity index (χ0) is 9.84. The van der Waals surface area contributed by atoms with Crippen molar-refractivity contribution in [3.63, 3.8) is 0 Å². The maximum absolute atomic E-state index is 5.83. The number of nitrogen functional groups attached to an aromatic ring is 1. The molecule has 0 spiro atoms. The third-order valence-corrected chi connectivity index (χ3v) is 3.26. The Balaban J connectivity index is 2.72. The second-order valence-corrected chi connectivity index (χ2v) is 4.86. The summed E-state index contributed by atoms with van der Waals surface area (Å²) >= 11 is 5.09. The molecule has 1 rings (SSSR count). The highest BCUT2D eigenvalue weighted by Gasteiger charge is 1.99. The predicted octanol–water partition coefficient (Wildman–Crippen LogP) is 3.70. The molecule has 0 atom stereocenters. The molecular formula is C10H12BrNS. The van der Waals surface area contributed by atoms with Crippen LogP contribution in [0, 0.1) is 0 Å². The molecule has 2 N–H and O–H groups in total. The second-order valence-electron chi connectivity index (χ2n) is 2.93. The van der Waals surface area contributed by atoms with Crippen molar-refractivity contribution in [2.45, 2.75) is 11.8 Å². The molecule has 3 heteroatoms. The van der Waals surface area contributed by atoms with Gasteiger partial charge >= 0.3 is 0 Å². The van der Waals surface area contributed by atoms with Crippen LogP contribution in [0.25, 0.3) is 0 Å². The van der Waals surface area contributed by atoms with E-state index in [0.717, 1.165) is 26.4 Å². The van der Waals surface area contributed by atoms with Crippen LogP contribution in [0.3, 0.4) is 0 Å². The second kappa shape index (κ2) is 4.72. The number of hydrogen-bond acceptors (Lipinski definition) is 2. The van der Waals surface area contributed by atoms with Crippen LogP contribution < -0.4 is 5.73 Å². The van der Waals surface area contributed by atoms with E-state index in [4.69, 9.17) is 5.73 Å². The fourth-order valence-corrected chi connectivity index (χ4v) is 2.02. The Morgan fingerprint density at radius 2 is 2.31 bits per heavy atom. The highest BCUT2D eigenvalue weighted by molar-refractivity contribution is 9.10. The summed E-state index contributed by atoms with van der Waals surface area (Å²) in [6.07, 6.45) is 0. The largest absolute Gasteiger partial charge is 0.398 e. The Hall–Kier alpha value is -0.410. The summed E-state index contributed by atoms with van der Waals surface area (Å²) in [6.45, 7) is 5.86. The molecule has 0 bridgehead atoms. The minimum Gasteiger partial charge on any atom is -0.398 e. The molecule has 13 heavy (non-hydrogen) atoms. The number of benzene rings is 1. The average molecular weight is 258 g/mol. The van der Waals surface area contributed by atoms with E-state index in [1.54, 1.807) is 11.8 Å². The maximum atomic E-state index is 5.83. The fourth-order valence-electron chi connectivity index (χ4n) is 0.852. The molecule has 0 radical (unpaired) electrons.